The van der Waals surface area contributed by atoms with Crippen molar-refractivity contribution in [3.8, 4) is 0 Å². The summed E-state index contributed by atoms with van der Waals surface area (Å²) in [7, 11) is 0. The minimum absolute atomic E-state index is 0.179. The number of amides is 1. The van der Waals surface area contributed by atoms with Gasteiger partial charge in [-0.3, -0.25) is 9.36 Å². The van der Waals surface area contributed by atoms with Crippen molar-refractivity contribution < 1.29 is 18.7 Å². The molecule has 0 spiro atoms. The molecule has 0 saturated carbocycles. The number of nitrogens with zero attached hydrogens (tertiary/aromatic N) is 1. The van der Waals surface area contributed by atoms with Crippen LogP contribution in [0.1, 0.15) is 22.2 Å². The molecule has 1 N–H and O–H groups in total. The zero-order valence-corrected chi connectivity index (χ0v) is 14.5. The fourth-order valence-corrected chi connectivity index (χ4v) is 3.41. The van der Waals surface area contributed by atoms with Gasteiger partial charge in [0.15, 0.2) is 5.58 Å². The standard InChI is InChI=1S/C17H16N2O5S/c1-3-23-16(21)15-10(2)8-14(25-15)18-13(20)9-19-11-6-4-5-7-12(11)24-17(19)22/h4-8H,3,9H2,1-2H3,(H,18,20). The van der Waals surface area contributed by atoms with Gasteiger partial charge in [-0.1, -0.05) is 12.1 Å². The van der Waals surface area contributed by atoms with Crippen molar-refractivity contribution >= 4 is 39.3 Å². The Bertz CT molecular complexity index is 998. The Kier molecular flexibility index (Phi) is 4.71. The van der Waals surface area contributed by atoms with Gasteiger partial charge in [0, 0.05) is 0 Å². The maximum atomic E-state index is 12.3. The van der Waals surface area contributed by atoms with Gasteiger partial charge in [-0.2, -0.15) is 0 Å². The van der Waals surface area contributed by atoms with E-state index >= 15 is 0 Å². The summed E-state index contributed by atoms with van der Waals surface area (Å²) in [5, 5.41) is 3.22. The molecule has 0 fully saturated rings. The number of oxazole rings is 1. The van der Waals surface area contributed by atoms with Crippen molar-refractivity contribution in [2.45, 2.75) is 20.4 Å². The topological polar surface area (TPSA) is 90.5 Å². The van der Waals surface area contributed by atoms with Crippen molar-refractivity contribution in [1.29, 1.82) is 0 Å². The number of aromatic nitrogens is 1. The van der Waals surface area contributed by atoms with Gasteiger partial charge >= 0.3 is 11.7 Å². The molecule has 1 amide bonds. The van der Waals surface area contributed by atoms with E-state index in [9.17, 15) is 14.4 Å². The minimum Gasteiger partial charge on any atom is -0.462 e. The van der Waals surface area contributed by atoms with Gasteiger partial charge in [0.1, 0.15) is 11.4 Å². The van der Waals surface area contributed by atoms with E-state index in [1.807, 2.05) is 0 Å². The first-order chi connectivity index (χ1) is 12.0. The molecule has 1 aromatic carbocycles. The predicted molar refractivity (Wildman–Crippen MR) is 94.1 cm³/mol. The van der Waals surface area contributed by atoms with Crippen LogP contribution in [0.5, 0.6) is 0 Å². The van der Waals surface area contributed by atoms with E-state index in [-0.39, 0.29) is 19.1 Å². The summed E-state index contributed by atoms with van der Waals surface area (Å²) in [4.78, 5) is 36.5. The Morgan fingerprint density at radius 3 is 2.84 bits per heavy atom. The monoisotopic (exact) mass is 360 g/mol. The van der Waals surface area contributed by atoms with Crippen molar-refractivity contribution in [2.24, 2.45) is 0 Å². The maximum absolute atomic E-state index is 12.3. The van der Waals surface area contributed by atoms with Crippen molar-refractivity contribution in [3.63, 3.8) is 0 Å². The third kappa shape index (κ3) is 3.48. The van der Waals surface area contributed by atoms with Gasteiger partial charge in [0.25, 0.3) is 0 Å². The van der Waals surface area contributed by atoms with Gasteiger partial charge < -0.3 is 14.5 Å². The molecule has 25 heavy (non-hydrogen) atoms. The molecule has 0 saturated heterocycles. The SMILES string of the molecule is CCOC(=O)c1sc(NC(=O)Cn2c(=O)oc3ccccc32)cc1C. The van der Waals surface area contributed by atoms with Crippen LogP contribution in [-0.2, 0) is 16.1 Å². The molecular weight excluding hydrogens is 344 g/mol. The van der Waals surface area contributed by atoms with Crippen molar-refractivity contribution in [2.75, 3.05) is 11.9 Å². The first-order valence-corrected chi connectivity index (χ1v) is 8.47. The number of ether oxygens (including phenoxy) is 1. The van der Waals surface area contributed by atoms with Crippen LogP contribution < -0.4 is 11.1 Å². The number of carbonyl (C=O) groups excluding carboxylic acids is 2. The fraction of sp³-hybridized carbons (Fsp3) is 0.235. The summed E-state index contributed by atoms with van der Waals surface area (Å²) < 4.78 is 11.3. The Balaban J connectivity index is 1.77. The lowest BCUT2D eigenvalue weighted by Crippen LogP contribution is -2.24. The van der Waals surface area contributed by atoms with Crippen LogP contribution in [0.15, 0.2) is 39.5 Å². The first kappa shape index (κ1) is 17.0. The second-order valence-electron chi connectivity index (χ2n) is 5.31. The number of aryl methyl sites for hydroxylation is 1. The first-order valence-electron chi connectivity index (χ1n) is 7.65. The Morgan fingerprint density at radius 1 is 1.32 bits per heavy atom. The van der Waals surface area contributed by atoms with Crippen LogP contribution in [0.3, 0.4) is 0 Å². The maximum Gasteiger partial charge on any atom is 0.420 e. The molecule has 0 aliphatic heterocycles. The van der Waals surface area contributed by atoms with Crippen LogP contribution in [0.4, 0.5) is 5.00 Å². The van der Waals surface area contributed by atoms with Crippen LogP contribution in [0.25, 0.3) is 11.1 Å². The van der Waals surface area contributed by atoms with E-state index in [0.717, 1.165) is 16.9 Å². The molecule has 2 aromatic heterocycles. The summed E-state index contributed by atoms with van der Waals surface area (Å²) in [6.07, 6.45) is 0. The number of carbonyl (C=O) groups is 2. The second-order valence-corrected chi connectivity index (χ2v) is 6.37. The highest BCUT2D eigenvalue weighted by Gasteiger charge is 2.17. The molecular formula is C17H16N2O5S. The molecule has 0 bridgehead atoms. The highest BCUT2D eigenvalue weighted by molar-refractivity contribution is 7.18. The molecule has 0 aliphatic rings. The van der Waals surface area contributed by atoms with Crippen molar-refractivity contribution in [1.82, 2.24) is 4.57 Å². The molecule has 8 heteroatoms. The largest absolute Gasteiger partial charge is 0.462 e. The van der Waals surface area contributed by atoms with Crippen LogP contribution in [0, 0.1) is 6.92 Å². The summed E-state index contributed by atoms with van der Waals surface area (Å²) in [5.41, 5.74) is 1.71. The van der Waals surface area contributed by atoms with E-state index in [0.29, 0.717) is 21.0 Å². The summed E-state index contributed by atoms with van der Waals surface area (Å²) in [6.45, 7) is 3.61. The minimum atomic E-state index is -0.592. The van der Waals surface area contributed by atoms with Crippen LogP contribution >= 0.6 is 11.3 Å². The average Bonchev–Trinajstić information content (AvgIpc) is 3.08. The molecule has 7 nitrogen and oxygen atoms in total. The zero-order chi connectivity index (χ0) is 18.0. The van der Waals surface area contributed by atoms with Gasteiger partial charge in [-0.25, -0.2) is 9.59 Å². The Morgan fingerprint density at radius 2 is 2.08 bits per heavy atom. The highest BCUT2D eigenvalue weighted by Crippen LogP contribution is 2.27. The summed E-state index contributed by atoms with van der Waals surface area (Å²) in [5.74, 6) is -1.39. The zero-order valence-electron chi connectivity index (χ0n) is 13.7. The predicted octanol–water partition coefficient (Wildman–Crippen LogP) is 2.78. The number of esters is 1. The summed E-state index contributed by atoms with van der Waals surface area (Å²) >= 11 is 1.14. The van der Waals surface area contributed by atoms with Gasteiger partial charge in [-0.15, -0.1) is 11.3 Å². The molecule has 0 aliphatic carbocycles. The number of nitrogens with one attached hydrogen (secondary N) is 1. The van der Waals surface area contributed by atoms with E-state index in [1.165, 1.54) is 4.57 Å². The third-order valence-electron chi connectivity index (χ3n) is 3.52. The number of benzene rings is 1. The molecule has 0 unspecified atom stereocenters. The molecule has 3 rings (SSSR count). The van der Waals surface area contributed by atoms with Gasteiger partial charge in [0.2, 0.25) is 5.91 Å². The number of hydrogen-bond donors (Lipinski definition) is 1. The number of hydrogen-bond acceptors (Lipinski definition) is 6. The van der Waals surface area contributed by atoms with Crippen molar-refractivity contribution in [3.05, 3.63) is 51.3 Å². The lowest BCUT2D eigenvalue weighted by atomic mass is 10.3. The highest BCUT2D eigenvalue weighted by atomic mass is 32.1. The molecule has 3 aromatic rings. The summed E-state index contributed by atoms with van der Waals surface area (Å²) in [6, 6.07) is 8.59. The second kappa shape index (κ2) is 6.94. The number of fused-ring (bicyclic) bond motifs is 1. The molecule has 0 radical (unpaired) electrons. The Hall–Kier alpha value is -2.87. The molecule has 130 valence electrons. The Labute approximate surface area is 146 Å². The number of rotatable bonds is 5. The lowest BCUT2D eigenvalue weighted by molar-refractivity contribution is -0.116. The molecule has 0 atom stereocenters. The smallest absolute Gasteiger partial charge is 0.420 e. The van der Waals surface area contributed by atoms with Gasteiger partial charge in [-0.05, 0) is 37.6 Å². The van der Waals surface area contributed by atoms with E-state index < -0.39 is 11.7 Å². The van der Waals surface area contributed by atoms with Crippen LogP contribution in [0.2, 0.25) is 0 Å². The fourth-order valence-electron chi connectivity index (χ4n) is 2.43. The molecule has 2 heterocycles. The lowest BCUT2D eigenvalue weighted by Gasteiger charge is -2.03. The number of para-hydroxylation sites is 2. The normalized spacial score (nSPS) is 10.8. The van der Waals surface area contributed by atoms with E-state index in [2.05, 4.69) is 5.32 Å². The van der Waals surface area contributed by atoms with E-state index in [4.69, 9.17) is 9.15 Å². The third-order valence-corrected chi connectivity index (χ3v) is 4.65. The number of anilines is 1. The number of thiophene rings is 1. The quantitative estimate of drug-likeness (QED) is 0.707. The van der Waals surface area contributed by atoms with Crippen LogP contribution in [-0.4, -0.2) is 23.1 Å². The average molecular weight is 360 g/mol. The van der Waals surface area contributed by atoms with E-state index in [1.54, 1.807) is 44.2 Å². The van der Waals surface area contributed by atoms with Gasteiger partial charge in [0.05, 0.1) is 17.1 Å².